The zero-order chi connectivity index (χ0) is 10.4. The van der Waals surface area contributed by atoms with Crippen LogP contribution in [0.25, 0.3) is 0 Å². The Labute approximate surface area is 95.4 Å². The minimum absolute atomic E-state index is 0.0826. The predicted molar refractivity (Wildman–Crippen MR) is 61.0 cm³/mol. The van der Waals surface area contributed by atoms with Crippen LogP contribution in [0.3, 0.4) is 0 Å². The lowest BCUT2D eigenvalue weighted by Gasteiger charge is -2.28. The number of rotatable bonds is 6. The SMILES string of the molecule is OC(CNC1(CS)CCOC1)COS. The van der Waals surface area contributed by atoms with Crippen LogP contribution in [0.2, 0.25) is 0 Å². The van der Waals surface area contributed by atoms with Gasteiger partial charge in [0, 0.05) is 18.9 Å². The first-order valence-corrected chi connectivity index (χ1v) is 5.60. The summed E-state index contributed by atoms with van der Waals surface area (Å²) in [5, 5.41) is 12.7. The van der Waals surface area contributed by atoms with Crippen LogP contribution in [0, 0.1) is 0 Å². The number of hydrogen-bond acceptors (Lipinski definition) is 6. The molecule has 1 fully saturated rings. The van der Waals surface area contributed by atoms with Crippen LogP contribution >= 0.6 is 25.5 Å². The molecule has 1 saturated heterocycles. The van der Waals surface area contributed by atoms with Crippen LogP contribution in [0.4, 0.5) is 0 Å². The number of thiol groups is 2. The zero-order valence-corrected chi connectivity index (χ0v) is 9.77. The Hall–Kier alpha value is 0.540. The highest BCUT2D eigenvalue weighted by Crippen LogP contribution is 2.19. The van der Waals surface area contributed by atoms with Gasteiger partial charge in [-0.05, 0) is 19.3 Å². The average molecular weight is 239 g/mol. The van der Waals surface area contributed by atoms with Crippen molar-refractivity contribution >= 4 is 25.5 Å². The molecule has 0 aromatic heterocycles. The third-order valence-corrected chi connectivity index (χ3v) is 3.14. The lowest BCUT2D eigenvalue weighted by atomic mass is 10.0. The summed E-state index contributed by atoms with van der Waals surface area (Å²) in [5.74, 6) is 0.710. The number of hydrogen-bond donors (Lipinski definition) is 4. The van der Waals surface area contributed by atoms with Crippen molar-refractivity contribution in [3.05, 3.63) is 0 Å². The van der Waals surface area contributed by atoms with Gasteiger partial charge in [-0.2, -0.15) is 12.6 Å². The molecule has 0 aliphatic carbocycles. The predicted octanol–water partition coefficient (Wildman–Crippen LogP) is -0.113. The summed E-state index contributed by atoms with van der Waals surface area (Å²) in [4.78, 5) is 0. The highest BCUT2D eigenvalue weighted by Gasteiger charge is 2.33. The maximum atomic E-state index is 9.42. The Morgan fingerprint density at radius 3 is 2.93 bits per heavy atom. The molecule has 84 valence electrons. The monoisotopic (exact) mass is 239 g/mol. The standard InChI is InChI=1S/C8H17NO3S2/c10-7(4-12-14)3-9-8(6-13)1-2-11-5-8/h7,9-10,13-14H,1-6H2. The Bertz CT molecular complexity index is 165. The van der Waals surface area contributed by atoms with E-state index in [1.807, 2.05) is 0 Å². The highest BCUT2D eigenvalue weighted by molar-refractivity contribution is 7.80. The van der Waals surface area contributed by atoms with Crippen LogP contribution in [0.5, 0.6) is 0 Å². The molecule has 0 bridgehead atoms. The fraction of sp³-hybridized carbons (Fsp3) is 1.00. The second-order valence-electron chi connectivity index (χ2n) is 3.57. The van der Waals surface area contributed by atoms with Crippen molar-refractivity contribution in [3.63, 3.8) is 0 Å². The molecule has 1 aliphatic rings. The van der Waals surface area contributed by atoms with Crippen LogP contribution in [0.15, 0.2) is 0 Å². The molecule has 6 heteroatoms. The van der Waals surface area contributed by atoms with Gasteiger partial charge >= 0.3 is 0 Å². The molecule has 1 heterocycles. The van der Waals surface area contributed by atoms with Gasteiger partial charge in [-0.3, -0.25) is 0 Å². The molecule has 1 rings (SSSR count). The first kappa shape index (κ1) is 12.6. The van der Waals surface area contributed by atoms with Crippen molar-refractivity contribution in [1.82, 2.24) is 5.32 Å². The summed E-state index contributed by atoms with van der Waals surface area (Å²) in [7, 11) is 0. The topological polar surface area (TPSA) is 50.7 Å². The summed E-state index contributed by atoms with van der Waals surface area (Å²) in [6.45, 7) is 2.11. The third kappa shape index (κ3) is 3.60. The van der Waals surface area contributed by atoms with Crippen molar-refractivity contribution in [2.75, 3.05) is 32.1 Å². The molecule has 0 radical (unpaired) electrons. The number of ether oxygens (including phenoxy) is 1. The summed E-state index contributed by atoms with van der Waals surface area (Å²) in [5.41, 5.74) is -0.0826. The third-order valence-electron chi connectivity index (χ3n) is 2.39. The molecule has 2 N–H and O–H groups in total. The molecule has 14 heavy (non-hydrogen) atoms. The molecule has 0 amide bonds. The van der Waals surface area contributed by atoms with E-state index in [0.717, 1.165) is 13.0 Å². The minimum atomic E-state index is -0.537. The van der Waals surface area contributed by atoms with E-state index in [4.69, 9.17) is 4.74 Å². The summed E-state index contributed by atoms with van der Waals surface area (Å²) in [6, 6.07) is 0. The Morgan fingerprint density at radius 1 is 1.64 bits per heavy atom. The van der Waals surface area contributed by atoms with Crippen LogP contribution in [-0.4, -0.2) is 48.9 Å². The van der Waals surface area contributed by atoms with Gasteiger partial charge in [0.05, 0.1) is 24.9 Å². The molecular formula is C8H17NO3S2. The van der Waals surface area contributed by atoms with E-state index in [-0.39, 0.29) is 12.1 Å². The molecule has 4 nitrogen and oxygen atoms in total. The van der Waals surface area contributed by atoms with Crippen LogP contribution in [-0.2, 0) is 8.92 Å². The highest BCUT2D eigenvalue weighted by atomic mass is 32.1. The van der Waals surface area contributed by atoms with Crippen molar-refractivity contribution in [2.24, 2.45) is 0 Å². The lowest BCUT2D eigenvalue weighted by Crippen LogP contribution is -2.50. The molecule has 0 saturated carbocycles. The van der Waals surface area contributed by atoms with E-state index >= 15 is 0 Å². The van der Waals surface area contributed by atoms with E-state index in [1.165, 1.54) is 0 Å². The maximum Gasteiger partial charge on any atom is 0.0910 e. The van der Waals surface area contributed by atoms with Gasteiger partial charge in [-0.1, -0.05) is 0 Å². The Morgan fingerprint density at radius 2 is 2.43 bits per heavy atom. The normalized spacial score (nSPS) is 29.4. The molecular weight excluding hydrogens is 222 g/mol. The fourth-order valence-electron chi connectivity index (χ4n) is 1.41. The molecule has 0 aromatic rings. The number of aliphatic hydroxyl groups excluding tert-OH is 1. The van der Waals surface area contributed by atoms with Gasteiger partial charge in [0.2, 0.25) is 0 Å². The largest absolute Gasteiger partial charge is 0.389 e. The van der Waals surface area contributed by atoms with Gasteiger partial charge in [0.15, 0.2) is 0 Å². The molecule has 0 spiro atoms. The zero-order valence-electron chi connectivity index (χ0n) is 7.98. The van der Waals surface area contributed by atoms with E-state index in [2.05, 4.69) is 35.0 Å². The first-order chi connectivity index (χ1) is 6.72. The fourth-order valence-corrected chi connectivity index (χ4v) is 1.94. The van der Waals surface area contributed by atoms with Gasteiger partial charge in [0.1, 0.15) is 0 Å². The Kier molecular flexibility index (Phi) is 5.58. The van der Waals surface area contributed by atoms with E-state index in [9.17, 15) is 5.11 Å². The summed E-state index contributed by atoms with van der Waals surface area (Å²) in [6.07, 6.45) is 0.398. The summed E-state index contributed by atoms with van der Waals surface area (Å²) < 4.78 is 9.84. The van der Waals surface area contributed by atoms with Crippen molar-refractivity contribution < 1.29 is 14.0 Å². The van der Waals surface area contributed by atoms with E-state index in [0.29, 0.717) is 18.9 Å². The number of β-amino-alcohol motifs (C(OH)–C–C–N with tert-alkyl or cyclic N) is 1. The van der Waals surface area contributed by atoms with Gasteiger partial charge in [-0.15, -0.1) is 0 Å². The van der Waals surface area contributed by atoms with E-state index in [1.54, 1.807) is 0 Å². The maximum absolute atomic E-state index is 9.42. The Balaban J connectivity index is 2.27. The van der Waals surface area contributed by atoms with Crippen LogP contribution < -0.4 is 5.32 Å². The van der Waals surface area contributed by atoms with Crippen molar-refractivity contribution in [2.45, 2.75) is 18.1 Å². The van der Waals surface area contributed by atoms with Gasteiger partial charge < -0.3 is 19.3 Å². The minimum Gasteiger partial charge on any atom is -0.389 e. The quantitative estimate of drug-likeness (QED) is 0.386. The second kappa shape index (κ2) is 6.19. The molecule has 1 aliphatic heterocycles. The smallest absolute Gasteiger partial charge is 0.0910 e. The van der Waals surface area contributed by atoms with Crippen molar-refractivity contribution in [3.8, 4) is 0 Å². The van der Waals surface area contributed by atoms with E-state index < -0.39 is 6.10 Å². The molecule has 2 unspecified atom stereocenters. The second-order valence-corrected chi connectivity index (χ2v) is 4.15. The number of nitrogens with one attached hydrogen (secondary N) is 1. The number of aliphatic hydroxyl groups is 1. The molecule has 2 atom stereocenters. The van der Waals surface area contributed by atoms with Gasteiger partial charge in [0.25, 0.3) is 0 Å². The van der Waals surface area contributed by atoms with Gasteiger partial charge in [-0.25, -0.2) is 0 Å². The first-order valence-electron chi connectivity index (χ1n) is 4.60. The lowest BCUT2D eigenvalue weighted by molar-refractivity contribution is 0.105. The molecule has 0 aromatic carbocycles. The average Bonchev–Trinajstić information content (AvgIpc) is 2.65. The van der Waals surface area contributed by atoms with Crippen LogP contribution in [0.1, 0.15) is 6.42 Å². The van der Waals surface area contributed by atoms with Crippen molar-refractivity contribution in [1.29, 1.82) is 0 Å². The summed E-state index contributed by atoms with van der Waals surface area (Å²) >= 11 is 7.86.